The molecule has 86 valence electrons. The van der Waals surface area contributed by atoms with Gasteiger partial charge in [-0.05, 0) is 32.6 Å². The summed E-state index contributed by atoms with van der Waals surface area (Å²) >= 11 is 0. The SMILES string of the molecule is CCOC1(C(=O)O)CCN(C2CC2)CC1. The highest BCUT2D eigenvalue weighted by atomic mass is 16.5. The van der Waals surface area contributed by atoms with Gasteiger partial charge in [-0.15, -0.1) is 0 Å². The zero-order chi connectivity index (χ0) is 10.9. The molecule has 15 heavy (non-hydrogen) atoms. The van der Waals surface area contributed by atoms with Crippen molar-refractivity contribution < 1.29 is 14.6 Å². The lowest BCUT2D eigenvalue weighted by Crippen LogP contribution is -2.51. The zero-order valence-electron chi connectivity index (χ0n) is 9.24. The van der Waals surface area contributed by atoms with E-state index in [1.807, 2.05) is 6.92 Å². The summed E-state index contributed by atoms with van der Waals surface area (Å²) in [6, 6.07) is 0.735. The molecule has 0 amide bonds. The minimum absolute atomic E-state index is 0.482. The number of nitrogens with zero attached hydrogens (tertiary/aromatic N) is 1. The number of rotatable bonds is 4. The number of carboxylic acids is 1. The molecule has 0 unspecified atom stereocenters. The molecular weight excluding hydrogens is 194 g/mol. The fourth-order valence-electron chi connectivity index (χ4n) is 2.39. The van der Waals surface area contributed by atoms with Crippen molar-refractivity contribution in [2.75, 3.05) is 19.7 Å². The number of carbonyl (C=O) groups is 1. The third kappa shape index (κ3) is 2.16. The van der Waals surface area contributed by atoms with E-state index in [4.69, 9.17) is 4.74 Å². The Morgan fingerprint density at radius 3 is 2.47 bits per heavy atom. The van der Waals surface area contributed by atoms with Crippen molar-refractivity contribution in [3.8, 4) is 0 Å². The molecule has 1 saturated heterocycles. The summed E-state index contributed by atoms with van der Waals surface area (Å²) in [6.07, 6.45) is 3.84. The predicted molar refractivity (Wildman–Crippen MR) is 55.8 cm³/mol. The molecule has 2 fully saturated rings. The van der Waals surface area contributed by atoms with Crippen LogP contribution >= 0.6 is 0 Å². The average Bonchev–Trinajstić information content (AvgIpc) is 3.02. The Bertz CT molecular complexity index is 242. The van der Waals surface area contributed by atoms with E-state index in [1.165, 1.54) is 12.8 Å². The summed E-state index contributed by atoms with van der Waals surface area (Å²) in [6.45, 7) is 4.08. The van der Waals surface area contributed by atoms with Gasteiger partial charge in [0.2, 0.25) is 0 Å². The number of likely N-dealkylation sites (tertiary alicyclic amines) is 1. The molecule has 1 heterocycles. The Balaban J connectivity index is 1.94. The highest BCUT2D eigenvalue weighted by Gasteiger charge is 2.44. The Morgan fingerprint density at radius 1 is 1.47 bits per heavy atom. The van der Waals surface area contributed by atoms with Crippen LogP contribution in [0.5, 0.6) is 0 Å². The van der Waals surface area contributed by atoms with Gasteiger partial charge in [-0.3, -0.25) is 0 Å². The summed E-state index contributed by atoms with van der Waals surface area (Å²) in [5, 5.41) is 9.22. The molecule has 1 N–H and O–H groups in total. The van der Waals surface area contributed by atoms with Gasteiger partial charge in [-0.25, -0.2) is 4.79 Å². The maximum Gasteiger partial charge on any atom is 0.336 e. The van der Waals surface area contributed by atoms with Crippen molar-refractivity contribution in [2.45, 2.75) is 44.2 Å². The van der Waals surface area contributed by atoms with Crippen LogP contribution in [-0.2, 0) is 9.53 Å². The summed E-state index contributed by atoms with van der Waals surface area (Å²) in [7, 11) is 0. The van der Waals surface area contributed by atoms with Crippen LogP contribution in [0.2, 0.25) is 0 Å². The summed E-state index contributed by atoms with van der Waals surface area (Å²) in [5.74, 6) is -0.792. The predicted octanol–water partition coefficient (Wildman–Crippen LogP) is 1.10. The van der Waals surface area contributed by atoms with Crippen LogP contribution < -0.4 is 0 Å². The lowest BCUT2D eigenvalue weighted by atomic mass is 9.91. The van der Waals surface area contributed by atoms with Crippen molar-refractivity contribution in [1.82, 2.24) is 4.90 Å². The lowest BCUT2D eigenvalue weighted by Gasteiger charge is -2.38. The number of hydrogen-bond donors (Lipinski definition) is 1. The lowest BCUT2D eigenvalue weighted by molar-refractivity contribution is -0.172. The van der Waals surface area contributed by atoms with Gasteiger partial charge in [0.05, 0.1) is 0 Å². The van der Waals surface area contributed by atoms with Crippen LogP contribution in [0.1, 0.15) is 32.6 Å². The molecule has 1 aliphatic carbocycles. The van der Waals surface area contributed by atoms with E-state index < -0.39 is 11.6 Å². The van der Waals surface area contributed by atoms with Crippen molar-refractivity contribution in [1.29, 1.82) is 0 Å². The largest absolute Gasteiger partial charge is 0.479 e. The molecule has 0 radical (unpaired) electrons. The Kier molecular flexibility index (Phi) is 2.98. The monoisotopic (exact) mass is 213 g/mol. The third-order valence-corrected chi connectivity index (χ3v) is 3.48. The minimum atomic E-state index is -0.903. The topological polar surface area (TPSA) is 49.8 Å². The number of ether oxygens (including phenoxy) is 1. The van der Waals surface area contributed by atoms with Crippen LogP contribution in [0.3, 0.4) is 0 Å². The highest BCUT2D eigenvalue weighted by Crippen LogP contribution is 2.34. The molecular formula is C11H19NO3. The number of hydrogen-bond acceptors (Lipinski definition) is 3. The molecule has 1 saturated carbocycles. The summed E-state index contributed by atoms with van der Waals surface area (Å²) in [5.41, 5.74) is -0.903. The third-order valence-electron chi connectivity index (χ3n) is 3.48. The van der Waals surface area contributed by atoms with Crippen molar-refractivity contribution in [3.05, 3.63) is 0 Å². The molecule has 1 aliphatic heterocycles. The first-order valence-corrected chi connectivity index (χ1v) is 5.79. The average molecular weight is 213 g/mol. The molecule has 0 spiro atoms. The first-order valence-electron chi connectivity index (χ1n) is 5.79. The van der Waals surface area contributed by atoms with Gasteiger partial charge in [0.25, 0.3) is 0 Å². The molecule has 0 bridgehead atoms. The Labute approximate surface area is 90.2 Å². The normalized spacial score (nSPS) is 26.5. The van der Waals surface area contributed by atoms with Gasteiger partial charge in [-0.1, -0.05) is 0 Å². The molecule has 0 aromatic heterocycles. The van der Waals surface area contributed by atoms with E-state index in [0.29, 0.717) is 19.4 Å². The van der Waals surface area contributed by atoms with Crippen LogP contribution in [0.25, 0.3) is 0 Å². The van der Waals surface area contributed by atoms with Crippen LogP contribution in [0.4, 0.5) is 0 Å². The Morgan fingerprint density at radius 2 is 2.07 bits per heavy atom. The van der Waals surface area contributed by atoms with Gasteiger partial charge in [0.15, 0.2) is 5.60 Å². The molecule has 0 atom stereocenters. The van der Waals surface area contributed by atoms with E-state index in [2.05, 4.69) is 4.90 Å². The fourth-order valence-corrected chi connectivity index (χ4v) is 2.39. The van der Waals surface area contributed by atoms with Gasteiger partial charge in [-0.2, -0.15) is 0 Å². The standard InChI is InChI=1S/C11H19NO3/c1-2-15-11(10(13)14)5-7-12(8-6-11)9-3-4-9/h9H,2-8H2,1H3,(H,13,14). The second-order valence-corrected chi connectivity index (χ2v) is 4.50. The van der Waals surface area contributed by atoms with Gasteiger partial charge < -0.3 is 14.7 Å². The van der Waals surface area contributed by atoms with Gasteiger partial charge >= 0.3 is 5.97 Å². The van der Waals surface area contributed by atoms with Crippen LogP contribution in [0, 0.1) is 0 Å². The molecule has 0 aromatic carbocycles. The van der Waals surface area contributed by atoms with Gasteiger partial charge in [0, 0.05) is 25.7 Å². The number of aliphatic carboxylic acids is 1. The molecule has 0 aromatic rings. The van der Waals surface area contributed by atoms with E-state index in [1.54, 1.807) is 0 Å². The smallest absolute Gasteiger partial charge is 0.336 e. The Hall–Kier alpha value is -0.610. The minimum Gasteiger partial charge on any atom is -0.479 e. The van der Waals surface area contributed by atoms with E-state index >= 15 is 0 Å². The summed E-state index contributed by atoms with van der Waals surface area (Å²) < 4.78 is 5.45. The van der Waals surface area contributed by atoms with E-state index in [-0.39, 0.29) is 0 Å². The molecule has 2 rings (SSSR count). The molecule has 4 nitrogen and oxygen atoms in total. The van der Waals surface area contributed by atoms with Crippen molar-refractivity contribution >= 4 is 5.97 Å². The van der Waals surface area contributed by atoms with Crippen molar-refractivity contribution in [2.24, 2.45) is 0 Å². The van der Waals surface area contributed by atoms with Crippen molar-refractivity contribution in [3.63, 3.8) is 0 Å². The second-order valence-electron chi connectivity index (χ2n) is 4.50. The number of carboxylic acid groups (broad SMARTS) is 1. The first-order chi connectivity index (χ1) is 7.18. The first kappa shape index (κ1) is 10.9. The zero-order valence-corrected chi connectivity index (χ0v) is 9.24. The maximum atomic E-state index is 11.2. The van der Waals surface area contributed by atoms with Crippen LogP contribution in [0.15, 0.2) is 0 Å². The second kappa shape index (κ2) is 4.10. The highest BCUT2D eigenvalue weighted by molar-refractivity contribution is 5.77. The fraction of sp³-hybridized carbons (Fsp3) is 0.909. The quantitative estimate of drug-likeness (QED) is 0.760. The van der Waals surface area contributed by atoms with E-state index in [0.717, 1.165) is 19.1 Å². The maximum absolute atomic E-state index is 11.2. The van der Waals surface area contributed by atoms with Gasteiger partial charge in [0.1, 0.15) is 0 Å². The number of piperidine rings is 1. The van der Waals surface area contributed by atoms with Crippen LogP contribution in [-0.4, -0.2) is 47.3 Å². The summed E-state index contributed by atoms with van der Waals surface area (Å²) in [4.78, 5) is 13.6. The molecule has 2 aliphatic rings. The molecule has 4 heteroatoms. The van der Waals surface area contributed by atoms with E-state index in [9.17, 15) is 9.90 Å².